The molecule has 0 saturated carbocycles. The van der Waals surface area contributed by atoms with Gasteiger partial charge in [0.2, 0.25) is 0 Å². The van der Waals surface area contributed by atoms with Crippen molar-refractivity contribution in [2.24, 2.45) is 0 Å². The fourth-order valence-corrected chi connectivity index (χ4v) is 1.10. The Bertz CT molecular complexity index is 237. The van der Waals surface area contributed by atoms with Gasteiger partial charge in [-0.15, -0.1) is 0 Å². The van der Waals surface area contributed by atoms with E-state index in [0.717, 1.165) is 6.08 Å². The lowest BCUT2D eigenvalue weighted by Crippen LogP contribution is -2.06. The third kappa shape index (κ3) is 1.46. The Labute approximate surface area is 76.1 Å². The first-order valence-electron chi connectivity index (χ1n) is 2.44. The molecule has 0 N–H and O–H groups in total. The van der Waals surface area contributed by atoms with Gasteiger partial charge in [-0.05, 0) is 22.6 Å². The second-order valence-electron chi connectivity index (χ2n) is 1.71. The molecule has 0 bridgehead atoms. The smallest absolute Gasteiger partial charge is 0.198 e. The van der Waals surface area contributed by atoms with Gasteiger partial charge in [0.25, 0.3) is 0 Å². The highest BCUT2D eigenvalue weighted by atomic mass is 127. The summed E-state index contributed by atoms with van der Waals surface area (Å²) in [6.45, 7) is 0. The molecule has 0 atom stereocenters. The van der Waals surface area contributed by atoms with Crippen LogP contribution in [0.4, 0.5) is 0 Å². The average molecular weight is 268 g/mol. The summed E-state index contributed by atoms with van der Waals surface area (Å²) in [5.74, 6) is -0.504. The van der Waals surface area contributed by atoms with Crippen molar-refractivity contribution in [1.29, 1.82) is 0 Å². The highest BCUT2D eigenvalue weighted by molar-refractivity contribution is 14.1. The van der Waals surface area contributed by atoms with Gasteiger partial charge < -0.3 is 0 Å². The number of allylic oxidation sites excluding steroid dienone is 4. The van der Waals surface area contributed by atoms with Gasteiger partial charge in [-0.2, -0.15) is 0 Å². The highest BCUT2D eigenvalue weighted by Crippen LogP contribution is 2.18. The highest BCUT2D eigenvalue weighted by Gasteiger charge is 2.15. The summed E-state index contributed by atoms with van der Waals surface area (Å²) in [5.41, 5.74) is 0. The second-order valence-corrected chi connectivity index (χ2v) is 3.28. The lowest BCUT2D eigenvalue weighted by Gasteiger charge is -1.99. The van der Waals surface area contributed by atoms with Crippen molar-refractivity contribution in [2.45, 2.75) is 0 Å². The Morgan fingerprint density at radius 2 is 1.80 bits per heavy atom. The quantitative estimate of drug-likeness (QED) is 0.494. The van der Waals surface area contributed by atoms with Crippen LogP contribution in [0.1, 0.15) is 0 Å². The first kappa shape index (κ1) is 7.94. The Morgan fingerprint density at radius 1 is 1.20 bits per heavy atom. The number of carbonyl (C=O) groups is 2. The fourth-order valence-electron chi connectivity index (χ4n) is 0.510. The van der Waals surface area contributed by atoms with Gasteiger partial charge in [-0.25, -0.2) is 0 Å². The van der Waals surface area contributed by atoms with Crippen LogP contribution in [-0.4, -0.2) is 11.6 Å². The molecular weight excluding hydrogens is 266 g/mol. The van der Waals surface area contributed by atoms with Crippen molar-refractivity contribution >= 4 is 45.8 Å². The average Bonchev–Trinajstić information content (AvgIpc) is 1.84. The van der Waals surface area contributed by atoms with E-state index in [0.29, 0.717) is 3.58 Å². The van der Waals surface area contributed by atoms with Crippen molar-refractivity contribution in [2.75, 3.05) is 0 Å². The molecule has 10 heavy (non-hydrogen) atoms. The molecule has 0 aliphatic heterocycles. The molecule has 0 aromatic carbocycles. The third-order valence-corrected chi connectivity index (χ3v) is 2.12. The van der Waals surface area contributed by atoms with Crippen LogP contribution in [0, 0.1) is 0 Å². The van der Waals surface area contributed by atoms with Gasteiger partial charge in [0.05, 0.1) is 8.61 Å². The molecule has 52 valence electrons. The summed E-state index contributed by atoms with van der Waals surface area (Å²) < 4.78 is 0.409. The van der Waals surface area contributed by atoms with Crippen molar-refractivity contribution in [3.8, 4) is 0 Å². The van der Waals surface area contributed by atoms with Gasteiger partial charge in [0.1, 0.15) is 0 Å². The van der Waals surface area contributed by atoms with Crippen LogP contribution in [0.25, 0.3) is 0 Å². The predicted octanol–water partition coefficient (Wildman–Crippen LogP) is 1.58. The van der Waals surface area contributed by atoms with Crippen LogP contribution in [0.15, 0.2) is 20.8 Å². The van der Waals surface area contributed by atoms with Crippen LogP contribution in [0.2, 0.25) is 0 Å². The third-order valence-electron chi connectivity index (χ3n) is 0.986. The molecule has 0 spiro atoms. The Kier molecular flexibility index (Phi) is 2.25. The van der Waals surface area contributed by atoms with Crippen molar-refractivity contribution in [1.82, 2.24) is 0 Å². The monoisotopic (exact) mass is 268 g/mol. The number of carbonyl (C=O) groups excluding carboxylic acids is 2. The normalized spacial score (nSPS) is 18.6. The molecule has 0 unspecified atom stereocenters. The van der Waals surface area contributed by atoms with Crippen molar-refractivity contribution in [3.63, 3.8) is 0 Å². The summed E-state index contributed by atoms with van der Waals surface area (Å²) in [6, 6.07) is 0. The molecule has 0 aromatic heterocycles. The molecule has 0 amide bonds. The van der Waals surface area contributed by atoms with Crippen LogP contribution in [0.5, 0.6) is 0 Å². The van der Waals surface area contributed by atoms with Crippen LogP contribution < -0.4 is 0 Å². The van der Waals surface area contributed by atoms with Gasteiger partial charge in [0.15, 0.2) is 11.6 Å². The summed E-state index contributed by atoms with van der Waals surface area (Å²) in [4.78, 5) is 21.5. The van der Waals surface area contributed by atoms with E-state index in [2.05, 4.69) is 0 Å². The molecule has 0 fully saturated rings. The molecule has 4 heteroatoms. The summed E-state index contributed by atoms with van der Waals surface area (Å²) >= 11 is 7.17. The Morgan fingerprint density at radius 3 is 2.30 bits per heavy atom. The molecule has 0 heterocycles. The zero-order valence-corrected chi connectivity index (χ0v) is 7.64. The lowest BCUT2D eigenvalue weighted by molar-refractivity contribution is -0.114. The van der Waals surface area contributed by atoms with Crippen LogP contribution in [-0.2, 0) is 9.59 Å². The maximum absolute atomic E-state index is 10.8. The van der Waals surface area contributed by atoms with Gasteiger partial charge >= 0.3 is 0 Å². The fraction of sp³-hybridized carbons (Fsp3) is 0. The van der Waals surface area contributed by atoms with E-state index < -0.39 is 0 Å². The van der Waals surface area contributed by atoms with Gasteiger partial charge in [-0.3, -0.25) is 9.59 Å². The molecule has 1 rings (SSSR count). The van der Waals surface area contributed by atoms with E-state index >= 15 is 0 Å². The standard InChI is InChI=1S/C6H2ClIO2/c7-3-1-6(10)4(8)2-5(3)9/h1-2H. The SMILES string of the molecule is O=C1C=C(I)C(=O)C=C1Cl. The molecular formula is C6H2ClIO2. The van der Waals surface area contributed by atoms with Crippen molar-refractivity contribution < 1.29 is 9.59 Å². The Hall–Kier alpha value is -0.160. The maximum Gasteiger partial charge on any atom is 0.198 e. The van der Waals surface area contributed by atoms with Gasteiger partial charge in [0, 0.05) is 12.2 Å². The first-order chi connectivity index (χ1) is 4.61. The van der Waals surface area contributed by atoms with E-state index in [1.807, 2.05) is 0 Å². The zero-order chi connectivity index (χ0) is 7.72. The topological polar surface area (TPSA) is 34.1 Å². The molecule has 2 nitrogen and oxygen atoms in total. The van der Waals surface area contributed by atoms with E-state index in [9.17, 15) is 9.59 Å². The van der Waals surface area contributed by atoms with Gasteiger partial charge in [-0.1, -0.05) is 11.6 Å². The minimum atomic E-state index is -0.300. The minimum absolute atomic E-state index is 0.00887. The summed E-state index contributed by atoms with van der Waals surface area (Å²) in [6.07, 6.45) is 2.36. The number of halogens is 2. The van der Waals surface area contributed by atoms with E-state index in [-0.39, 0.29) is 16.6 Å². The van der Waals surface area contributed by atoms with Crippen molar-refractivity contribution in [3.05, 3.63) is 20.8 Å². The van der Waals surface area contributed by atoms with Crippen LogP contribution in [0.3, 0.4) is 0 Å². The number of ketones is 2. The lowest BCUT2D eigenvalue weighted by atomic mass is 10.2. The zero-order valence-electron chi connectivity index (χ0n) is 4.73. The second kappa shape index (κ2) is 2.84. The van der Waals surface area contributed by atoms with E-state index in [1.165, 1.54) is 6.08 Å². The van der Waals surface area contributed by atoms with Crippen LogP contribution >= 0.6 is 34.2 Å². The number of hydrogen-bond acceptors (Lipinski definition) is 2. The first-order valence-corrected chi connectivity index (χ1v) is 3.90. The van der Waals surface area contributed by atoms with E-state index in [4.69, 9.17) is 11.6 Å². The molecule has 0 radical (unpaired) electrons. The van der Waals surface area contributed by atoms with E-state index in [1.54, 1.807) is 22.6 Å². The summed E-state index contributed by atoms with van der Waals surface area (Å²) in [5, 5.41) is -0.00887. The molecule has 1 aliphatic carbocycles. The summed E-state index contributed by atoms with van der Waals surface area (Å²) in [7, 11) is 0. The largest absolute Gasteiger partial charge is 0.289 e. The maximum atomic E-state index is 10.8. The number of hydrogen-bond donors (Lipinski definition) is 0. The molecule has 0 aromatic rings. The minimum Gasteiger partial charge on any atom is -0.289 e. The predicted molar refractivity (Wildman–Crippen MR) is 46.1 cm³/mol. The molecule has 0 saturated heterocycles. The molecule has 1 aliphatic rings. The number of rotatable bonds is 0. The Balaban J connectivity index is 3.03.